The number of carbonyl (C=O) groups excluding carboxylic acids is 2. The van der Waals surface area contributed by atoms with Gasteiger partial charge in [0.1, 0.15) is 5.75 Å². The summed E-state index contributed by atoms with van der Waals surface area (Å²) < 4.78 is 5.46. The number of nitrogens with one attached hydrogen (secondary N) is 1. The van der Waals surface area contributed by atoms with Gasteiger partial charge in [-0.1, -0.05) is 54.1 Å². The van der Waals surface area contributed by atoms with E-state index in [9.17, 15) is 19.7 Å². The van der Waals surface area contributed by atoms with Gasteiger partial charge in [0.05, 0.1) is 16.7 Å². The van der Waals surface area contributed by atoms with Crippen LogP contribution in [-0.2, 0) is 0 Å². The summed E-state index contributed by atoms with van der Waals surface area (Å²) in [6, 6.07) is 23.4. The van der Waals surface area contributed by atoms with E-state index in [4.69, 9.17) is 4.74 Å². The summed E-state index contributed by atoms with van der Waals surface area (Å²) in [7, 11) is 0. The summed E-state index contributed by atoms with van der Waals surface area (Å²) in [5, 5.41) is 16.8. The van der Waals surface area contributed by atoms with Crippen LogP contribution in [0.4, 0.5) is 5.69 Å². The molecule has 8 nitrogen and oxygen atoms in total. The van der Waals surface area contributed by atoms with Gasteiger partial charge in [-0.05, 0) is 42.0 Å². The maximum absolute atomic E-state index is 12.7. The fourth-order valence-electron chi connectivity index (χ4n) is 3.42. The van der Waals surface area contributed by atoms with Crippen molar-refractivity contribution in [2.24, 2.45) is 5.10 Å². The molecular formula is C26H19N3O5. The number of rotatable bonds is 6. The number of hydrogen-bond donors (Lipinski definition) is 1. The van der Waals surface area contributed by atoms with Crippen molar-refractivity contribution in [2.75, 3.05) is 0 Å². The molecule has 168 valence electrons. The molecule has 0 radical (unpaired) electrons. The average Bonchev–Trinajstić information content (AvgIpc) is 2.84. The number of benzene rings is 4. The van der Waals surface area contributed by atoms with Crippen molar-refractivity contribution < 1.29 is 19.2 Å². The minimum absolute atomic E-state index is 0.0697. The Bertz CT molecular complexity index is 1440. The molecule has 0 saturated heterocycles. The maximum atomic E-state index is 12.7. The summed E-state index contributed by atoms with van der Waals surface area (Å²) in [5.74, 6) is -0.996. The van der Waals surface area contributed by atoms with E-state index in [1.54, 1.807) is 30.3 Å². The lowest BCUT2D eigenvalue weighted by Crippen LogP contribution is -2.18. The highest BCUT2D eigenvalue weighted by Crippen LogP contribution is 2.24. The van der Waals surface area contributed by atoms with Gasteiger partial charge in [0.25, 0.3) is 11.6 Å². The molecule has 0 bridgehead atoms. The number of esters is 1. The minimum atomic E-state index is -0.619. The Hall–Kier alpha value is -4.85. The molecule has 4 rings (SSSR count). The van der Waals surface area contributed by atoms with Crippen LogP contribution in [0.2, 0.25) is 0 Å². The van der Waals surface area contributed by atoms with Crippen LogP contribution >= 0.6 is 0 Å². The van der Waals surface area contributed by atoms with E-state index in [0.717, 1.165) is 16.3 Å². The average molecular weight is 453 g/mol. The van der Waals surface area contributed by atoms with E-state index < -0.39 is 16.8 Å². The number of nitrogens with zero attached hydrogens (tertiary/aromatic N) is 2. The van der Waals surface area contributed by atoms with Gasteiger partial charge in [-0.15, -0.1) is 0 Å². The van der Waals surface area contributed by atoms with Crippen molar-refractivity contribution in [1.82, 2.24) is 5.43 Å². The standard InChI is InChI=1S/C26H19N3O5/c1-17-6-4-9-19(14-17)26(31)34-24-13-12-21(29(32)33)15-20(24)16-27-28-25(30)23-11-5-8-18-7-2-3-10-22(18)23/h2-16H,1H3,(H,28,30)/b27-16+. The number of fused-ring (bicyclic) bond motifs is 1. The second-order valence-corrected chi connectivity index (χ2v) is 7.46. The number of carbonyl (C=O) groups is 2. The van der Waals surface area contributed by atoms with Gasteiger partial charge in [-0.2, -0.15) is 5.10 Å². The molecule has 1 N–H and O–H groups in total. The molecule has 1 amide bonds. The van der Waals surface area contributed by atoms with Crippen molar-refractivity contribution in [3.8, 4) is 5.75 Å². The smallest absolute Gasteiger partial charge is 0.343 e. The molecular weight excluding hydrogens is 434 g/mol. The third-order valence-electron chi connectivity index (χ3n) is 5.06. The zero-order valence-corrected chi connectivity index (χ0v) is 18.1. The topological polar surface area (TPSA) is 111 Å². The van der Waals surface area contributed by atoms with Crippen LogP contribution in [0.25, 0.3) is 10.8 Å². The monoisotopic (exact) mass is 453 g/mol. The molecule has 0 aromatic heterocycles. The van der Waals surface area contributed by atoms with E-state index >= 15 is 0 Å². The summed E-state index contributed by atoms with van der Waals surface area (Å²) in [4.78, 5) is 35.9. The van der Waals surface area contributed by atoms with Gasteiger partial charge in [-0.25, -0.2) is 10.2 Å². The third-order valence-corrected chi connectivity index (χ3v) is 5.06. The van der Waals surface area contributed by atoms with Gasteiger partial charge in [0.2, 0.25) is 0 Å². The molecule has 0 atom stereocenters. The second kappa shape index (κ2) is 9.74. The van der Waals surface area contributed by atoms with Crippen LogP contribution < -0.4 is 10.2 Å². The molecule has 0 unspecified atom stereocenters. The summed E-state index contributed by atoms with van der Waals surface area (Å²) in [6.07, 6.45) is 1.20. The normalized spacial score (nSPS) is 10.9. The first-order valence-corrected chi connectivity index (χ1v) is 10.3. The summed E-state index contributed by atoms with van der Waals surface area (Å²) >= 11 is 0. The molecule has 8 heteroatoms. The lowest BCUT2D eigenvalue weighted by Gasteiger charge is -2.08. The Labute approximate surface area is 194 Å². The molecule has 0 heterocycles. The van der Waals surface area contributed by atoms with Gasteiger partial charge < -0.3 is 4.74 Å². The van der Waals surface area contributed by atoms with Crippen molar-refractivity contribution in [2.45, 2.75) is 6.92 Å². The van der Waals surface area contributed by atoms with E-state index in [1.807, 2.05) is 43.3 Å². The van der Waals surface area contributed by atoms with Gasteiger partial charge in [0.15, 0.2) is 0 Å². The van der Waals surface area contributed by atoms with Crippen molar-refractivity contribution >= 4 is 34.6 Å². The minimum Gasteiger partial charge on any atom is -0.422 e. The van der Waals surface area contributed by atoms with E-state index in [2.05, 4.69) is 10.5 Å². The first kappa shape index (κ1) is 22.3. The Morgan fingerprint density at radius 3 is 2.53 bits per heavy atom. The highest BCUT2D eigenvalue weighted by molar-refractivity contribution is 6.07. The Kier molecular flexibility index (Phi) is 6.40. The number of nitro groups is 1. The molecule has 0 fully saturated rings. The number of hydrogen-bond acceptors (Lipinski definition) is 6. The van der Waals surface area contributed by atoms with Crippen molar-refractivity contribution in [3.05, 3.63) is 117 Å². The predicted octanol–water partition coefficient (Wildman–Crippen LogP) is 5.04. The molecule has 0 aliphatic heterocycles. The quantitative estimate of drug-likeness (QED) is 0.145. The largest absolute Gasteiger partial charge is 0.422 e. The molecule has 0 aliphatic carbocycles. The molecule has 34 heavy (non-hydrogen) atoms. The Morgan fingerprint density at radius 2 is 1.74 bits per heavy atom. The van der Waals surface area contributed by atoms with E-state index in [1.165, 1.54) is 24.4 Å². The van der Waals surface area contributed by atoms with Crippen LogP contribution in [-0.4, -0.2) is 23.0 Å². The van der Waals surface area contributed by atoms with Gasteiger partial charge >= 0.3 is 5.97 Å². The molecule has 0 spiro atoms. The first-order chi connectivity index (χ1) is 16.4. The number of hydrazone groups is 1. The van der Waals surface area contributed by atoms with Crippen molar-refractivity contribution in [1.29, 1.82) is 0 Å². The number of aryl methyl sites for hydroxylation is 1. The highest BCUT2D eigenvalue weighted by atomic mass is 16.6. The van der Waals surface area contributed by atoms with E-state index in [-0.39, 0.29) is 17.0 Å². The number of ether oxygens (including phenoxy) is 1. The Morgan fingerprint density at radius 1 is 0.971 bits per heavy atom. The lowest BCUT2D eigenvalue weighted by molar-refractivity contribution is -0.384. The zero-order valence-electron chi connectivity index (χ0n) is 18.1. The zero-order chi connectivity index (χ0) is 24.1. The number of amides is 1. The number of non-ortho nitro benzene ring substituents is 1. The molecule has 0 saturated carbocycles. The van der Waals surface area contributed by atoms with Crippen LogP contribution in [0.1, 0.15) is 31.8 Å². The van der Waals surface area contributed by atoms with E-state index in [0.29, 0.717) is 11.1 Å². The Balaban J connectivity index is 1.58. The molecule has 4 aromatic rings. The van der Waals surface area contributed by atoms with Crippen molar-refractivity contribution in [3.63, 3.8) is 0 Å². The first-order valence-electron chi connectivity index (χ1n) is 10.3. The third kappa shape index (κ3) is 4.97. The van der Waals surface area contributed by atoms with Crippen LogP contribution in [0, 0.1) is 17.0 Å². The van der Waals surface area contributed by atoms with Crippen LogP contribution in [0.15, 0.2) is 90.0 Å². The fraction of sp³-hybridized carbons (Fsp3) is 0.0385. The van der Waals surface area contributed by atoms with Crippen LogP contribution in [0.5, 0.6) is 5.75 Å². The van der Waals surface area contributed by atoms with Gasteiger partial charge in [-0.3, -0.25) is 14.9 Å². The lowest BCUT2D eigenvalue weighted by atomic mass is 10.0. The SMILES string of the molecule is Cc1cccc(C(=O)Oc2ccc([N+](=O)[O-])cc2/C=N/NC(=O)c2cccc3ccccc23)c1. The molecule has 4 aromatic carbocycles. The molecule has 0 aliphatic rings. The second-order valence-electron chi connectivity index (χ2n) is 7.46. The highest BCUT2D eigenvalue weighted by Gasteiger charge is 2.15. The van der Waals surface area contributed by atoms with Gasteiger partial charge in [0, 0.05) is 23.3 Å². The summed E-state index contributed by atoms with van der Waals surface area (Å²) in [5.41, 5.74) is 4.03. The summed E-state index contributed by atoms with van der Waals surface area (Å²) in [6.45, 7) is 1.85. The predicted molar refractivity (Wildman–Crippen MR) is 128 cm³/mol. The number of nitro benzene ring substituents is 1. The fourth-order valence-corrected chi connectivity index (χ4v) is 3.42. The maximum Gasteiger partial charge on any atom is 0.343 e. The van der Waals surface area contributed by atoms with Crippen LogP contribution in [0.3, 0.4) is 0 Å².